The summed E-state index contributed by atoms with van der Waals surface area (Å²) in [6.45, 7) is 14.7. The molecule has 0 aliphatic rings. The van der Waals surface area contributed by atoms with Crippen molar-refractivity contribution in [1.29, 1.82) is 0 Å². The van der Waals surface area contributed by atoms with Gasteiger partial charge in [-0.25, -0.2) is 0 Å². The van der Waals surface area contributed by atoms with Crippen molar-refractivity contribution < 1.29 is 19.2 Å². The molecule has 0 fully saturated rings. The molecule has 0 aromatic rings. The van der Waals surface area contributed by atoms with Crippen LogP contribution in [0.1, 0.15) is 285 Å². The molecule has 420 valence electrons. The van der Waals surface area contributed by atoms with Gasteiger partial charge >= 0.3 is 0 Å². The summed E-state index contributed by atoms with van der Waals surface area (Å²) in [4.78, 5) is 56.4. The van der Waals surface area contributed by atoms with E-state index in [0.29, 0.717) is 52.4 Å². The first-order valence-electron chi connectivity index (χ1n) is 31.1. The van der Waals surface area contributed by atoms with E-state index in [1.165, 1.54) is 205 Å². The van der Waals surface area contributed by atoms with Gasteiger partial charge in [-0.05, 0) is 25.7 Å². The molecule has 0 spiro atoms. The predicted octanol–water partition coefficient (Wildman–Crippen LogP) is 13.3. The number of hydrogen-bond acceptors (Lipinski definition) is 7. The van der Waals surface area contributed by atoms with Gasteiger partial charge < -0.3 is 26.6 Å². The first-order chi connectivity index (χ1) is 34.9. The zero-order chi connectivity index (χ0) is 51.8. The standard InChI is InChI=1S/C60H121N7O4/c1-5-9-13-17-21-25-29-33-37-41-45-62-57(68)53-66(54-58(69)63-46-42-38-34-30-26-22-18-14-10-6-2)51-49-61-50-52-67(55-59(70)64-47-43-39-35-31-27-23-19-15-11-7-3)56-60(71)65-48-44-40-36-32-28-24-20-16-12-8-4/h61H,5-56H2,1-4H3,(H,62,68)(H,63,69)(H,64,70)(H,65,71). The normalized spacial score (nSPS) is 11.5. The van der Waals surface area contributed by atoms with Crippen LogP contribution in [0.2, 0.25) is 0 Å². The molecule has 0 bridgehead atoms. The van der Waals surface area contributed by atoms with Crippen LogP contribution >= 0.6 is 0 Å². The third kappa shape index (κ3) is 53.9. The van der Waals surface area contributed by atoms with Crippen LogP contribution in [-0.4, -0.2) is 112 Å². The summed E-state index contributed by atoms with van der Waals surface area (Å²) in [5, 5.41) is 15.9. The monoisotopic (exact) mass is 1000 g/mol. The summed E-state index contributed by atoms with van der Waals surface area (Å²) < 4.78 is 0. The summed E-state index contributed by atoms with van der Waals surface area (Å²) >= 11 is 0. The third-order valence-corrected chi connectivity index (χ3v) is 14.1. The van der Waals surface area contributed by atoms with Gasteiger partial charge in [0.15, 0.2) is 0 Å². The van der Waals surface area contributed by atoms with Crippen molar-refractivity contribution in [2.24, 2.45) is 0 Å². The SMILES string of the molecule is CCCCCCCCCCCCNC(=O)CN(CCNCCN(CC(=O)NCCCCCCCCCCCC)CC(=O)NCCCCCCCCCCCC)CC(=O)NCCCCCCCCCCCC. The minimum Gasteiger partial charge on any atom is -0.355 e. The Morgan fingerprint density at radius 2 is 0.408 bits per heavy atom. The lowest BCUT2D eigenvalue weighted by atomic mass is 10.1. The third-order valence-electron chi connectivity index (χ3n) is 14.1. The second kappa shape index (κ2) is 57.0. The molecular weight excluding hydrogens is 883 g/mol. The van der Waals surface area contributed by atoms with E-state index in [0.717, 1.165) is 51.4 Å². The van der Waals surface area contributed by atoms with Crippen molar-refractivity contribution in [3.05, 3.63) is 0 Å². The van der Waals surface area contributed by atoms with Crippen molar-refractivity contribution in [1.82, 2.24) is 36.4 Å². The van der Waals surface area contributed by atoms with Crippen molar-refractivity contribution in [3.63, 3.8) is 0 Å². The second-order valence-corrected chi connectivity index (χ2v) is 21.3. The summed E-state index contributed by atoms with van der Waals surface area (Å²) in [5.74, 6) is -0.158. The summed E-state index contributed by atoms with van der Waals surface area (Å²) in [6.07, 6.45) is 50.3. The van der Waals surface area contributed by atoms with Crippen LogP contribution in [0.5, 0.6) is 0 Å². The molecule has 0 aromatic carbocycles. The van der Waals surface area contributed by atoms with Crippen LogP contribution in [-0.2, 0) is 19.2 Å². The molecule has 0 unspecified atom stereocenters. The zero-order valence-electron chi connectivity index (χ0n) is 47.8. The van der Waals surface area contributed by atoms with E-state index in [4.69, 9.17) is 0 Å². The smallest absolute Gasteiger partial charge is 0.234 e. The highest BCUT2D eigenvalue weighted by Gasteiger charge is 2.17. The van der Waals surface area contributed by atoms with Gasteiger partial charge in [-0.1, -0.05) is 259 Å². The highest BCUT2D eigenvalue weighted by atomic mass is 16.2. The number of hydrogen-bond donors (Lipinski definition) is 5. The van der Waals surface area contributed by atoms with Gasteiger partial charge in [-0.15, -0.1) is 0 Å². The van der Waals surface area contributed by atoms with Crippen LogP contribution in [0.25, 0.3) is 0 Å². The molecule has 71 heavy (non-hydrogen) atoms. The minimum absolute atomic E-state index is 0.0396. The van der Waals surface area contributed by atoms with Crippen LogP contribution < -0.4 is 26.6 Å². The van der Waals surface area contributed by atoms with E-state index in [9.17, 15) is 19.2 Å². The number of carbonyl (C=O) groups excluding carboxylic acids is 4. The first-order valence-corrected chi connectivity index (χ1v) is 31.1. The fourth-order valence-corrected chi connectivity index (χ4v) is 9.42. The fourth-order valence-electron chi connectivity index (χ4n) is 9.42. The quantitative estimate of drug-likeness (QED) is 0.0383. The molecule has 0 aliphatic heterocycles. The van der Waals surface area contributed by atoms with Gasteiger partial charge in [0.2, 0.25) is 23.6 Å². The van der Waals surface area contributed by atoms with E-state index >= 15 is 0 Å². The zero-order valence-corrected chi connectivity index (χ0v) is 47.8. The van der Waals surface area contributed by atoms with Crippen molar-refractivity contribution in [3.8, 4) is 0 Å². The second-order valence-electron chi connectivity index (χ2n) is 21.3. The Hall–Kier alpha value is -2.24. The largest absolute Gasteiger partial charge is 0.355 e. The first kappa shape index (κ1) is 68.8. The van der Waals surface area contributed by atoms with Crippen LogP contribution in [0.15, 0.2) is 0 Å². The highest BCUT2D eigenvalue weighted by Crippen LogP contribution is 2.14. The molecule has 0 aliphatic carbocycles. The highest BCUT2D eigenvalue weighted by molar-refractivity contribution is 5.81. The summed E-state index contributed by atoms with van der Waals surface area (Å²) in [7, 11) is 0. The fraction of sp³-hybridized carbons (Fsp3) is 0.933. The number of amides is 4. The van der Waals surface area contributed by atoms with Gasteiger partial charge in [-0.3, -0.25) is 29.0 Å². The maximum atomic E-state index is 13.1. The van der Waals surface area contributed by atoms with E-state index < -0.39 is 0 Å². The Kier molecular flexibility index (Phi) is 55.2. The molecule has 0 radical (unpaired) electrons. The Labute approximate surface area is 440 Å². The van der Waals surface area contributed by atoms with E-state index in [-0.39, 0.29) is 49.8 Å². The van der Waals surface area contributed by atoms with E-state index in [1.807, 2.05) is 9.80 Å². The Morgan fingerprint density at radius 1 is 0.239 bits per heavy atom. The molecule has 0 saturated carbocycles. The van der Waals surface area contributed by atoms with Gasteiger partial charge in [0.1, 0.15) is 0 Å². The van der Waals surface area contributed by atoms with Gasteiger partial charge in [-0.2, -0.15) is 0 Å². The average molecular weight is 1000 g/mol. The van der Waals surface area contributed by atoms with Gasteiger partial charge in [0.05, 0.1) is 26.2 Å². The molecule has 0 heterocycles. The van der Waals surface area contributed by atoms with Crippen molar-refractivity contribution >= 4 is 23.6 Å². The van der Waals surface area contributed by atoms with Crippen molar-refractivity contribution in [2.75, 3.05) is 78.5 Å². The predicted molar refractivity (Wildman–Crippen MR) is 305 cm³/mol. The molecule has 11 heteroatoms. The maximum Gasteiger partial charge on any atom is 0.234 e. The topological polar surface area (TPSA) is 135 Å². The van der Waals surface area contributed by atoms with Crippen LogP contribution in [0.3, 0.4) is 0 Å². The Morgan fingerprint density at radius 3 is 0.592 bits per heavy atom. The average Bonchev–Trinajstić information content (AvgIpc) is 3.35. The number of rotatable bonds is 58. The summed E-state index contributed by atoms with van der Waals surface area (Å²) in [5.41, 5.74) is 0. The lowest BCUT2D eigenvalue weighted by Crippen LogP contribution is -2.47. The Bertz CT molecular complexity index is 994. The summed E-state index contributed by atoms with van der Waals surface area (Å²) in [6, 6.07) is 0. The lowest BCUT2D eigenvalue weighted by Gasteiger charge is -2.23. The van der Waals surface area contributed by atoms with Crippen molar-refractivity contribution in [2.45, 2.75) is 285 Å². The van der Waals surface area contributed by atoms with E-state index in [2.05, 4.69) is 54.3 Å². The molecule has 0 aromatic heterocycles. The lowest BCUT2D eigenvalue weighted by molar-refractivity contribution is -0.126. The molecule has 5 N–H and O–H groups in total. The number of nitrogens with zero attached hydrogens (tertiary/aromatic N) is 2. The number of carbonyl (C=O) groups is 4. The molecule has 0 rings (SSSR count). The molecule has 4 amide bonds. The van der Waals surface area contributed by atoms with Gasteiger partial charge in [0.25, 0.3) is 0 Å². The van der Waals surface area contributed by atoms with E-state index in [1.54, 1.807) is 0 Å². The van der Waals surface area contributed by atoms with Gasteiger partial charge in [0, 0.05) is 52.4 Å². The molecule has 0 atom stereocenters. The van der Waals surface area contributed by atoms with Crippen LogP contribution in [0.4, 0.5) is 0 Å². The Balaban J connectivity index is 5.06. The maximum absolute atomic E-state index is 13.1. The van der Waals surface area contributed by atoms with Crippen LogP contribution in [0, 0.1) is 0 Å². The molecular formula is C60H121N7O4. The number of nitrogens with one attached hydrogen (secondary N) is 5. The molecule has 0 saturated heterocycles. The number of unbranched alkanes of at least 4 members (excludes halogenated alkanes) is 36. The minimum atomic E-state index is -0.0396. The molecule has 11 nitrogen and oxygen atoms in total.